The average Bonchev–Trinajstić information content (AvgIpc) is 3.24. The molecule has 0 aliphatic carbocycles. The molecule has 2 saturated heterocycles. The molecule has 0 bridgehead atoms. The molecule has 0 spiro atoms. The summed E-state index contributed by atoms with van der Waals surface area (Å²) in [6.45, 7) is 3.46. The highest BCUT2D eigenvalue weighted by atomic mass is 16.5. The highest BCUT2D eigenvalue weighted by Crippen LogP contribution is 2.23. The number of ether oxygens (including phenoxy) is 1. The highest BCUT2D eigenvalue weighted by molar-refractivity contribution is 5.88. The fourth-order valence-corrected chi connectivity index (χ4v) is 3.25. The largest absolute Gasteiger partial charge is 0.368 e. The van der Waals surface area contributed by atoms with Crippen LogP contribution >= 0.6 is 0 Å². The first-order valence-electron chi connectivity index (χ1n) is 8.96. The number of hydrogen-bond acceptors (Lipinski definition) is 6. The summed E-state index contributed by atoms with van der Waals surface area (Å²) in [5.74, 6) is 1.29. The van der Waals surface area contributed by atoms with E-state index in [9.17, 15) is 4.79 Å². The molecule has 0 unspecified atom stereocenters. The predicted octanol–water partition coefficient (Wildman–Crippen LogP) is 2.08. The maximum Gasteiger partial charge on any atom is 0.323 e. The van der Waals surface area contributed by atoms with Gasteiger partial charge in [0, 0.05) is 32.0 Å². The Kier molecular flexibility index (Phi) is 4.92. The van der Waals surface area contributed by atoms with Gasteiger partial charge in [-0.3, -0.25) is 5.32 Å². The second-order valence-electron chi connectivity index (χ2n) is 6.43. The highest BCUT2D eigenvalue weighted by Gasteiger charge is 2.27. The number of carbonyl (C=O) groups is 1. The normalized spacial score (nSPS) is 20.2. The lowest BCUT2D eigenvalue weighted by atomic mass is 10.2. The van der Waals surface area contributed by atoms with Gasteiger partial charge in [0.2, 0.25) is 5.95 Å². The number of aromatic nitrogens is 3. The van der Waals surface area contributed by atoms with Crippen LogP contribution in [-0.4, -0.2) is 58.7 Å². The van der Waals surface area contributed by atoms with E-state index >= 15 is 0 Å². The number of anilines is 2. The fraction of sp³-hybridized carbons (Fsp3) is 0.444. The third-order valence-corrected chi connectivity index (χ3v) is 4.64. The number of pyridine rings is 1. The van der Waals surface area contributed by atoms with E-state index < -0.39 is 0 Å². The van der Waals surface area contributed by atoms with Gasteiger partial charge in [0.05, 0.1) is 18.8 Å². The van der Waals surface area contributed by atoms with E-state index in [0.717, 1.165) is 24.7 Å². The lowest BCUT2D eigenvalue weighted by Gasteiger charge is -2.32. The van der Waals surface area contributed by atoms with Crippen LogP contribution in [0, 0.1) is 0 Å². The molecule has 2 aliphatic heterocycles. The SMILES string of the molecule is O=C(Nc1ccccn1)N1CCO[C@H](c2ccnc(N3CCCC3)n2)C1. The van der Waals surface area contributed by atoms with Crippen LogP contribution in [0.1, 0.15) is 24.6 Å². The van der Waals surface area contributed by atoms with Crippen LogP contribution in [0.5, 0.6) is 0 Å². The Balaban J connectivity index is 1.43. The van der Waals surface area contributed by atoms with Gasteiger partial charge in [0.1, 0.15) is 11.9 Å². The molecule has 26 heavy (non-hydrogen) atoms. The van der Waals surface area contributed by atoms with Crippen molar-refractivity contribution in [2.24, 2.45) is 0 Å². The van der Waals surface area contributed by atoms with Crippen molar-refractivity contribution in [2.45, 2.75) is 18.9 Å². The topological polar surface area (TPSA) is 83.5 Å². The monoisotopic (exact) mass is 354 g/mol. The van der Waals surface area contributed by atoms with E-state index in [1.165, 1.54) is 12.8 Å². The van der Waals surface area contributed by atoms with E-state index in [0.29, 0.717) is 25.5 Å². The summed E-state index contributed by atoms with van der Waals surface area (Å²) in [5.41, 5.74) is 0.817. The molecule has 1 N–H and O–H groups in total. The van der Waals surface area contributed by atoms with Crippen LogP contribution in [0.3, 0.4) is 0 Å². The van der Waals surface area contributed by atoms with Crippen molar-refractivity contribution < 1.29 is 9.53 Å². The van der Waals surface area contributed by atoms with Gasteiger partial charge in [-0.05, 0) is 31.0 Å². The summed E-state index contributed by atoms with van der Waals surface area (Å²) >= 11 is 0. The van der Waals surface area contributed by atoms with Crippen molar-refractivity contribution >= 4 is 17.8 Å². The van der Waals surface area contributed by atoms with Crippen molar-refractivity contribution in [1.82, 2.24) is 19.9 Å². The van der Waals surface area contributed by atoms with Crippen molar-refractivity contribution in [3.8, 4) is 0 Å². The molecule has 2 aromatic rings. The molecule has 4 rings (SSSR count). The molecule has 2 fully saturated rings. The van der Waals surface area contributed by atoms with Crippen molar-refractivity contribution in [3.63, 3.8) is 0 Å². The van der Waals surface area contributed by atoms with Gasteiger partial charge < -0.3 is 14.5 Å². The molecular formula is C18H22N6O2. The maximum absolute atomic E-state index is 12.5. The third-order valence-electron chi connectivity index (χ3n) is 4.64. The molecular weight excluding hydrogens is 332 g/mol. The van der Waals surface area contributed by atoms with E-state index in [1.807, 2.05) is 18.2 Å². The Hall–Kier alpha value is -2.74. The Labute approximate surface area is 152 Å². The molecule has 2 aromatic heterocycles. The third kappa shape index (κ3) is 3.75. The standard InChI is InChI=1S/C18H22N6O2/c25-18(22-16-5-1-2-7-19-16)24-11-12-26-15(13-24)14-6-8-20-17(21-14)23-9-3-4-10-23/h1-2,5-8,15H,3-4,9-13H2,(H,19,22,25)/t15-/m0/s1. The minimum absolute atomic E-state index is 0.175. The van der Waals surface area contributed by atoms with E-state index in [2.05, 4.69) is 25.2 Å². The number of amides is 2. The first kappa shape index (κ1) is 16.7. The molecule has 2 amide bonds. The zero-order valence-electron chi connectivity index (χ0n) is 14.5. The summed E-state index contributed by atoms with van der Waals surface area (Å²) in [4.78, 5) is 29.6. The smallest absolute Gasteiger partial charge is 0.323 e. The second-order valence-corrected chi connectivity index (χ2v) is 6.43. The first-order valence-corrected chi connectivity index (χ1v) is 8.96. The van der Waals surface area contributed by atoms with E-state index in [4.69, 9.17) is 4.74 Å². The molecule has 8 heteroatoms. The predicted molar refractivity (Wildman–Crippen MR) is 97.0 cm³/mol. The molecule has 8 nitrogen and oxygen atoms in total. The van der Waals surface area contributed by atoms with Crippen LogP contribution in [0.15, 0.2) is 36.7 Å². The van der Waals surface area contributed by atoms with Crippen LogP contribution in [0.25, 0.3) is 0 Å². The Morgan fingerprint density at radius 1 is 1.12 bits per heavy atom. The van der Waals surface area contributed by atoms with Crippen LogP contribution < -0.4 is 10.2 Å². The molecule has 0 radical (unpaired) electrons. The van der Waals surface area contributed by atoms with Crippen LogP contribution in [0.4, 0.5) is 16.6 Å². The maximum atomic E-state index is 12.5. The summed E-state index contributed by atoms with van der Waals surface area (Å²) in [6, 6.07) is 7.11. The lowest BCUT2D eigenvalue weighted by Crippen LogP contribution is -2.44. The number of hydrogen-bond donors (Lipinski definition) is 1. The van der Waals surface area contributed by atoms with Crippen molar-refractivity contribution in [2.75, 3.05) is 43.0 Å². The number of morpholine rings is 1. The van der Waals surface area contributed by atoms with Crippen molar-refractivity contribution in [1.29, 1.82) is 0 Å². The Morgan fingerprint density at radius 3 is 2.81 bits per heavy atom. The zero-order chi connectivity index (χ0) is 17.8. The molecule has 0 saturated carbocycles. The van der Waals surface area contributed by atoms with E-state index in [1.54, 1.807) is 23.4 Å². The minimum Gasteiger partial charge on any atom is -0.368 e. The summed E-state index contributed by atoms with van der Waals surface area (Å²) in [7, 11) is 0. The molecule has 1 atom stereocenters. The van der Waals surface area contributed by atoms with Gasteiger partial charge in [-0.2, -0.15) is 0 Å². The Morgan fingerprint density at radius 2 is 2.00 bits per heavy atom. The van der Waals surface area contributed by atoms with Crippen LogP contribution in [0.2, 0.25) is 0 Å². The van der Waals surface area contributed by atoms with Crippen molar-refractivity contribution in [3.05, 3.63) is 42.4 Å². The average molecular weight is 354 g/mol. The summed E-state index contributed by atoms with van der Waals surface area (Å²) in [6.07, 6.45) is 5.52. The number of nitrogens with one attached hydrogen (secondary N) is 1. The molecule has 0 aromatic carbocycles. The number of rotatable bonds is 3. The molecule has 2 aliphatic rings. The number of urea groups is 1. The van der Waals surface area contributed by atoms with Gasteiger partial charge in [0.15, 0.2) is 0 Å². The minimum atomic E-state index is -0.248. The summed E-state index contributed by atoms with van der Waals surface area (Å²) in [5, 5.41) is 2.82. The van der Waals surface area contributed by atoms with Gasteiger partial charge in [-0.1, -0.05) is 6.07 Å². The molecule has 136 valence electrons. The van der Waals surface area contributed by atoms with E-state index in [-0.39, 0.29) is 12.1 Å². The first-order chi connectivity index (χ1) is 12.8. The van der Waals surface area contributed by atoms with Gasteiger partial charge in [-0.25, -0.2) is 19.7 Å². The molecule has 4 heterocycles. The van der Waals surface area contributed by atoms with Gasteiger partial charge in [0.25, 0.3) is 0 Å². The second kappa shape index (κ2) is 7.65. The Bertz CT molecular complexity index is 750. The lowest BCUT2D eigenvalue weighted by molar-refractivity contribution is -0.0157. The fourth-order valence-electron chi connectivity index (χ4n) is 3.25. The van der Waals surface area contributed by atoms with Crippen LogP contribution in [-0.2, 0) is 4.74 Å². The van der Waals surface area contributed by atoms with Gasteiger partial charge >= 0.3 is 6.03 Å². The summed E-state index contributed by atoms with van der Waals surface area (Å²) < 4.78 is 5.87. The zero-order valence-corrected chi connectivity index (χ0v) is 14.5. The number of carbonyl (C=O) groups excluding carboxylic acids is 1. The number of nitrogens with zero attached hydrogens (tertiary/aromatic N) is 5. The quantitative estimate of drug-likeness (QED) is 0.909. The van der Waals surface area contributed by atoms with Gasteiger partial charge in [-0.15, -0.1) is 0 Å².